The molecular weight excluding hydrogens is 306 g/mol. The molecule has 2 heterocycles. The normalized spacial score (nSPS) is 26.8. The van der Waals surface area contributed by atoms with Gasteiger partial charge in [-0.05, 0) is 13.8 Å². The van der Waals surface area contributed by atoms with Crippen molar-refractivity contribution >= 4 is 18.0 Å². The fraction of sp³-hybridized carbons (Fsp3) is 0.500. The Balaban J connectivity index is 2.35. The van der Waals surface area contributed by atoms with E-state index in [0.29, 0.717) is 5.56 Å². The average Bonchev–Trinajstić information content (AvgIpc) is 2.75. The zero-order chi connectivity index (χ0) is 17.1. The zero-order valence-electron chi connectivity index (χ0n) is 12.8. The number of anilines is 1. The predicted octanol–water partition coefficient (Wildman–Crippen LogP) is 0.0938. The third-order valence-electron chi connectivity index (χ3n) is 3.45. The maximum Gasteiger partial charge on any atom is 0.412 e. The molecule has 0 bridgehead atoms. The molecule has 9 heteroatoms. The van der Waals surface area contributed by atoms with Gasteiger partial charge in [-0.3, -0.25) is 9.88 Å². The van der Waals surface area contributed by atoms with Crippen LogP contribution in [0.2, 0.25) is 0 Å². The van der Waals surface area contributed by atoms with Gasteiger partial charge in [0.15, 0.2) is 6.23 Å². The minimum atomic E-state index is -1.27. The van der Waals surface area contributed by atoms with Crippen LogP contribution in [0.3, 0.4) is 0 Å². The number of aliphatic hydroxyl groups is 2. The standard InChI is InChI=1S/C14H19N3O6/c1-4-8-6-17(12-10(19)9(18)7(3)23-12)13(20)15-11(8)16-14(21)22-5-2/h4,6-7,9-10,12,18-19H,1,5H2,2-3H3,(H,15,16,20,21)/t7-,9-,10-,12-/m1/s1. The topological polar surface area (TPSA) is 123 Å². The molecule has 1 aromatic heterocycles. The summed E-state index contributed by atoms with van der Waals surface area (Å²) in [5, 5.41) is 22.1. The van der Waals surface area contributed by atoms with Gasteiger partial charge in [-0.2, -0.15) is 4.98 Å². The molecule has 3 N–H and O–H groups in total. The Hall–Kier alpha value is -2.23. The van der Waals surface area contributed by atoms with Crippen molar-refractivity contribution in [1.29, 1.82) is 0 Å². The van der Waals surface area contributed by atoms with Crippen molar-refractivity contribution in [3.8, 4) is 0 Å². The number of aromatic nitrogens is 2. The Bertz CT molecular complexity index is 658. The maximum absolute atomic E-state index is 12.1. The van der Waals surface area contributed by atoms with Crippen LogP contribution in [0.4, 0.5) is 10.6 Å². The van der Waals surface area contributed by atoms with Crippen LogP contribution in [0.25, 0.3) is 6.08 Å². The van der Waals surface area contributed by atoms with Crippen molar-refractivity contribution in [1.82, 2.24) is 9.55 Å². The van der Waals surface area contributed by atoms with Crippen LogP contribution >= 0.6 is 0 Å². The lowest BCUT2D eigenvalue weighted by atomic mass is 10.1. The number of nitrogens with zero attached hydrogens (tertiary/aromatic N) is 2. The van der Waals surface area contributed by atoms with Crippen molar-refractivity contribution in [3.63, 3.8) is 0 Å². The lowest BCUT2D eigenvalue weighted by Crippen LogP contribution is -2.36. The number of amides is 1. The maximum atomic E-state index is 12.1. The first-order valence-corrected chi connectivity index (χ1v) is 7.10. The van der Waals surface area contributed by atoms with E-state index in [4.69, 9.17) is 9.47 Å². The summed E-state index contributed by atoms with van der Waals surface area (Å²) in [6.07, 6.45) is -2.13. The number of carbonyl (C=O) groups is 1. The molecule has 1 aromatic rings. The second-order valence-corrected chi connectivity index (χ2v) is 5.00. The SMILES string of the molecule is C=Cc1cn([C@@H]2O[C@H](C)[C@@H](O)[C@H]2O)c(=O)nc1NC(=O)OCC. The zero-order valence-corrected chi connectivity index (χ0v) is 12.8. The lowest BCUT2D eigenvalue weighted by molar-refractivity contribution is -0.0350. The molecule has 0 unspecified atom stereocenters. The summed E-state index contributed by atoms with van der Waals surface area (Å²) in [6.45, 7) is 6.99. The van der Waals surface area contributed by atoms with Crippen LogP contribution in [0.15, 0.2) is 17.6 Å². The van der Waals surface area contributed by atoms with Crippen LogP contribution in [0.5, 0.6) is 0 Å². The van der Waals surface area contributed by atoms with Crippen LogP contribution in [-0.4, -0.2) is 50.8 Å². The molecule has 0 spiro atoms. The highest BCUT2D eigenvalue weighted by Crippen LogP contribution is 2.28. The molecule has 23 heavy (non-hydrogen) atoms. The van der Waals surface area contributed by atoms with Gasteiger partial charge in [0, 0.05) is 11.8 Å². The number of ether oxygens (including phenoxy) is 2. The summed E-state index contributed by atoms with van der Waals surface area (Å²) in [5.74, 6) is -0.0132. The minimum Gasteiger partial charge on any atom is -0.450 e. The minimum absolute atomic E-state index is 0.0132. The summed E-state index contributed by atoms with van der Waals surface area (Å²) in [7, 11) is 0. The van der Waals surface area contributed by atoms with Gasteiger partial charge in [0.1, 0.15) is 18.0 Å². The highest BCUT2D eigenvalue weighted by Gasteiger charge is 2.41. The fourth-order valence-corrected chi connectivity index (χ4v) is 2.24. The number of hydrogen-bond donors (Lipinski definition) is 3. The lowest BCUT2D eigenvalue weighted by Gasteiger charge is -2.18. The smallest absolute Gasteiger partial charge is 0.412 e. The number of aliphatic hydroxyl groups excluding tert-OH is 2. The van der Waals surface area contributed by atoms with Crippen LogP contribution in [-0.2, 0) is 9.47 Å². The Labute approximate surface area is 132 Å². The monoisotopic (exact) mass is 325 g/mol. The van der Waals surface area contributed by atoms with E-state index in [1.165, 1.54) is 12.3 Å². The molecule has 9 nitrogen and oxygen atoms in total. The number of nitrogens with one attached hydrogen (secondary N) is 1. The van der Waals surface area contributed by atoms with Gasteiger partial charge in [0.25, 0.3) is 0 Å². The molecule has 0 radical (unpaired) electrons. The van der Waals surface area contributed by atoms with E-state index in [9.17, 15) is 19.8 Å². The quantitative estimate of drug-likeness (QED) is 0.717. The van der Waals surface area contributed by atoms with Crippen LogP contribution in [0.1, 0.15) is 25.6 Å². The Kier molecular flexibility index (Phi) is 5.14. The summed E-state index contributed by atoms with van der Waals surface area (Å²) < 4.78 is 11.2. The summed E-state index contributed by atoms with van der Waals surface area (Å²) in [4.78, 5) is 27.3. The molecular formula is C14H19N3O6. The van der Waals surface area contributed by atoms with Crippen LogP contribution < -0.4 is 11.0 Å². The second-order valence-electron chi connectivity index (χ2n) is 5.00. The van der Waals surface area contributed by atoms with Gasteiger partial charge < -0.3 is 19.7 Å². The largest absolute Gasteiger partial charge is 0.450 e. The van der Waals surface area contributed by atoms with Crippen molar-refractivity contribution in [2.75, 3.05) is 11.9 Å². The van der Waals surface area contributed by atoms with Gasteiger partial charge >= 0.3 is 11.8 Å². The second kappa shape index (κ2) is 6.90. The van der Waals surface area contributed by atoms with Gasteiger partial charge in [-0.25, -0.2) is 9.59 Å². The molecule has 1 aliphatic heterocycles. The van der Waals surface area contributed by atoms with E-state index in [-0.39, 0.29) is 12.4 Å². The molecule has 1 saturated heterocycles. The summed E-state index contributed by atoms with van der Waals surface area (Å²) in [6, 6.07) is 0. The number of carbonyl (C=O) groups excluding carboxylic acids is 1. The van der Waals surface area contributed by atoms with Crippen LogP contribution in [0, 0.1) is 0 Å². The molecule has 1 aliphatic rings. The van der Waals surface area contributed by atoms with Gasteiger partial charge in [0.05, 0.1) is 12.7 Å². The first-order valence-electron chi connectivity index (χ1n) is 7.10. The predicted molar refractivity (Wildman–Crippen MR) is 80.8 cm³/mol. The van der Waals surface area contributed by atoms with E-state index >= 15 is 0 Å². The van der Waals surface area contributed by atoms with E-state index in [2.05, 4.69) is 16.9 Å². The molecule has 0 aromatic carbocycles. The van der Waals surface area contributed by atoms with Crippen molar-refractivity contribution in [2.45, 2.75) is 38.4 Å². The summed E-state index contributed by atoms with van der Waals surface area (Å²) in [5.41, 5.74) is -0.421. The Morgan fingerprint density at radius 3 is 2.78 bits per heavy atom. The molecule has 0 saturated carbocycles. The van der Waals surface area contributed by atoms with E-state index in [0.717, 1.165) is 4.57 Å². The third-order valence-corrected chi connectivity index (χ3v) is 3.45. The number of rotatable bonds is 4. The molecule has 0 aliphatic carbocycles. The first-order chi connectivity index (χ1) is 10.9. The molecule has 1 amide bonds. The fourth-order valence-electron chi connectivity index (χ4n) is 2.24. The summed E-state index contributed by atoms with van der Waals surface area (Å²) >= 11 is 0. The van der Waals surface area contributed by atoms with Gasteiger partial charge in [-0.15, -0.1) is 0 Å². The number of hydrogen-bond acceptors (Lipinski definition) is 7. The molecule has 4 atom stereocenters. The Morgan fingerprint density at radius 2 is 2.26 bits per heavy atom. The molecule has 2 rings (SSSR count). The van der Waals surface area contributed by atoms with Crippen molar-refractivity contribution in [3.05, 3.63) is 28.8 Å². The highest BCUT2D eigenvalue weighted by molar-refractivity contribution is 5.85. The van der Waals surface area contributed by atoms with E-state index in [1.807, 2.05) is 0 Å². The van der Waals surface area contributed by atoms with Crippen molar-refractivity contribution in [2.24, 2.45) is 0 Å². The molecule has 126 valence electrons. The van der Waals surface area contributed by atoms with Crippen molar-refractivity contribution < 1.29 is 24.5 Å². The average molecular weight is 325 g/mol. The van der Waals surface area contributed by atoms with E-state index < -0.39 is 36.3 Å². The first kappa shape index (κ1) is 17.1. The van der Waals surface area contributed by atoms with E-state index in [1.54, 1.807) is 13.8 Å². The van der Waals surface area contributed by atoms with Gasteiger partial charge in [-0.1, -0.05) is 12.7 Å². The Morgan fingerprint density at radius 1 is 1.57 bits per heavy atom. The highest BCUT2D eigenvalue weighted by atomic mass is 16.6. The molecule has 1 fully saturated rings. The van der Waals surface area contributed by atoms with Gasteiger partial charge in [0.2, 0.25) is 0 Å². The third kappa shape index (κ3) is 3.41.